The van der Waals surface area contributed by atoms with Crippen LogP contribution in [-0.2, 0) is 13.1 Å². The first-order valence-corrected chi connectivity index (χ1v) is 12.2. The molecule has 3 N–H and O–H groups in total. The Morgan fingerprint density at radius 1 is 0.865 bits per heavy atom. The van der Waals surface area contributed by atoms with Crippen LogP contribution < -0.4 is 14.4 Å². The molecule has 0 saturated carbocycles. The Kier molecular flexibility index (Phi) is 6.52. The van der Waals surface area contributed by atoms with Crippen LogP contribution in [0.25, 0.3) is 11.4 Å². The van der Waals surface area contributed by atoms with E-state index in [4.69, 9.17) is 9.47 Å². The minimum absolute atomic E-state index is 0.0170. The number of hydrogen-bond acceptors (Lipinski definition) is 8. The highest BCUT2D eigenvalue weighted by Crippen LogP contribution is 2.38. The van der Waals surface area contributed by atoms with Gasteiger partial charge >= 0.3 is 6.01 Å². The van der Waals surface area contributed by atoms with E-state index in [2.05, 4.69) is 15.1 Å². The van der Waals surface area contributed by atoms with Gasteiger partial charge in [0.1, 0.15) is 24.7 Å². The van der Waals surface area contributed by atoms with E-state index < -0.39 is 0 Å². The number of phenols is 2. The van der Waals surface area contributed by atoms with E-state index >= 15 is 0 Å². The topological polar surface area (TPSA) is 113 Å². The van der Waals surface area contributed by atoms with Gasteiger partial charge in [-0.2, -0.15) is 0 Å². The molecule has 1 aliphatic heterocycles. The van der Waals surface area contributed by atoms with Crippen LogP contribution in [0.3, 0.4) is 0 Å². The number of aromatic nitrogens is 3. The van der Waals surface area contributed by atoms with E-state index in [0.717, 1.165) is 28.3 Å². The van der Waals surface area contributed by atoms with Crippen LogP contribution in [0.1, 0.15) is 36.5 Å². The van der Waals surface area contributed by atoms with Crippen LogP contribution in [0.2, 0.25) is 0 Å². The summed E-state index contributed by atoms with van der Waals surface area (Å²) in [7, 11) is 2.02. The van der Waals surface area contributed by atoms with Crippen molar-refractivity contribution < 1.29 is 24.8 Å². The number of rotatable bonds is 7. The van der Waals surface area contributed by atoms with E-state index in [9.17, 15) is 15.3 Å². The van der Waals surface area contributed by atoms with Gasteiger partial charge in [0.15, 0.2) is 17.3 Å². The Balaban J connectivity index is 1.33. The first-order valence-electron chi connectivity index (χ1n) is 12.2. The zero-order valence-corrected chi connectivity index (χ0v) is 21.0. The van der Waals surface area contributed by atoms with Crippen molar-refractivity contribution in [1.29, 1.82) is 0 Å². The first kappa shape index (κ1) is 24.3. The molecule has 2 heterocycles. The van der Waals surface area contributed by atoms with Gasteiger partial charge in [-0.25, -0.2) is 0 Å². The molecule has 1 aliphatic rings. The number of phenolic OH excluding ortho intramolecular Hbond substituents is 2. The van der Waals surface area contributed by atoms with Crippen LogP contribution in [0, 0.1) is 0 Å². The molecule has 0 spiro atoms. The van der Waals surface area contributed by atoms with Crippen molar-refractivity contribution in [3.05, 3.63) is 71.3 Å². The predicted octanol–water partition coefficient (Wildman–Crippen LogP) is 4.64. The van der Waals surface area contributed by atoms with Gasteiger partial charge in [0.05, 0.1) is 12.1 Å². The molecule has 5 rings (SSSR count). The lowest BCUT2D eigenvalue weighted by Gasteiger charge is -2.23. The molecule has 1 aromatic heterocycles. The van der Waals surface area contributed by atoms with Gasteiger partial charge in [-0.05, 0) is 40.8 Å². The number of aromatic hydroxyl groups is 3. The summed E-state index contributed by atoms with van der Waals surface area (Å²) >= 11 is 0. The van der Waals surface area contributed by atoms with Crippen LogP contribution in [0.15, 0.2) is 54.6 Å². The minimum Gasteiger partial charge on any atom is -0.508 e. The fraction of sp³-hybridized carbons (Fsp3) is 0.286. The molecular weight excluding hydrogens is 472 g/mol. The second-order valence-electron chi connectivity index (χ2n) is 9.49. The van der Waals surface area contributed by atoms with Crippen molar-refractivity contribution in [3.8, 4) is 40.4 Å². The van der Waals surface area contributed by atoms with E-state index in [1.54, 1.807) is 6.07 Å². The lowest BCUT2D eigenvalue weighted by molar-refractivity contribution is 0.171. The molecule has 0 amide bonds. The molecular formula is C28H30N4O5. The normalized spacial score (nSPS) is 12.6. The van der Waals surface area contributed by atoms with E-state index in [-0.39, 0.29) is 23.4 Å². The highest BCUT2D eigenvalue weighted by atomic mass is 16.6. The van der Waals surface area contributed by atoms with Crippen LogP contribution in [0.5, 0.6) is 29.0 Å². The highest BCUT2D eigenvalue weighted by molar-refractivity contribution is 5.68. The Labute approximate surface area is 215 Å². The summed E-state index contributed by atoms with van der Waals surface area (Å²) in [4.78, 5) is 2.14. The van der Waals surface area contributed by atoms with E-state index in [1.807, 2.05) is 63.4 Å². The monoisotopic (exact) mass is 502 g/mol. The third-order valence-corrected chi connectivity index (χ3v) is 6.49. The summed E-state index contributed by atoms with van der Waals surface area (Å²) in [6, 6.07) is 16.7. The molecule has 37 heavy (non-hydrogen) atoms. The Bertz CT molecular complexity index is 1420. The molecule has 0 aliphatic carbocycles. The molecule has 0 bridgehead atoms. The zero-order chi connectivity index (χ0) is 26.1. The predicted molar refractivity (Wildman–Crippen MR) is 140 cm³/mol. The third-order valence-electron chi connectivity index (χ3n) is 6.49. The fourth-order valence-electron chi connectivity index (χ4n) is 4.44. The number of fused-ring (bicyclic) bond motifs is 1. The van der Waals surface area contributed by atoms with Crippen molar-refractivity contribution in [2.75, 3.05) is 25.2 Å². The second-order valence-corrected chi connectivity index (χ2v) is 9.49. The van der Waals surface area contributed by atoms with Crippen molar-refractivity contribution >= 4 is 5.69 Å². The Morgan fingerprint density at radius 3 is 2.30 bits per heavy atom. The fourth-order valence-corrected chi connectivity index (χ4v) is 4.44. The minimum atomic E-state index is -0.254. The van der Waals surface area contributed by atoms with Crippen molar-refractivity contribution in [2.45, 2.75) is 32.9 Å². The molecule has 192 valence electrons. The van der Waals surface area contributed by atoms with Crippen LogP contribution in [-0.4, -0.2) is 50.3 Å². The molecule has 4 aromatic rings. The maximum absolute atomic E-state index is 10.5. The van der Waals surface area contributed by atoms with Gasteiger partial charge in [-0.3, -0.25) is 4.57 Å². The Morgan fingerprint density at radius 2 is 1.57 bits per heavy atom. The van der Waals surface area contributed by atoms with Crippen LogP contribution in [0.4, 0.5) is 5.69 Å². The second kappa shape index (κ2) is 9.93. The molecule has 3 aromatic carbocycles. The Hall–Kier alpha value is -4.40. The van der Waals surface area contributed by atoms with Crippen molar-refractivity contribution in [1.82, 2.24) is 14.8 Å². The molecule has 0 atom stereocenters. The number of anilines is 1. The largest absolute Gasteiger partial charge is 0.508 e. The third kappa shape index (κ3) is 4.97. The van der Waals surface area contributed by atoms with Crippen molar-refractivity contribution in [2.24, 2.45) is 0 Å². The van der Waals surface area contributed by atoms with Gasteiger partial charge in [0.25, 0.3) is 0 Å². The van der Waals surface area contributed by atoms with Crippen LogP contribution >= 0.6 is 0 Å². The average molecular weight is 503 g/mol. The van der Waals surface area contributed by atoms with E-state index in [1.165, 1.54) is 10.6 Å². The molecule has 9 nitrogen and oxygen atoms in total. The van der Waals surface area contributed by atoms with Gasteiger partial charge in [-0.15, -0.1) is 5.10 Å². The average Bonchev–Trinajstić information content (AvgIpc) is 3.24. The summed E-state index contributed by atoms with van der Waals surface area (Å²) in [5.74, 6) is 1.77. The molecule has 0 radical (unpaired) electrons. The van der Waals surface area contributed by atoms with E-state index in [0.29, 0.717) is 43.3 Å². The maximum Gasteiger partial charge on any atom is 0.315 e. The first-order chi connectivity index (χ1) is 17.8. The summed E-state index contributed by atoms with van der Waals surface area (Å²) < 4.78 is 12.8. The SMILES string of the molecule is CC(C)c1cc(-c2nnc(O)n2Cc2ccc(CN(C)c3ccc4c(c3)OCCO4)cc2)c(O)cc1O. The lowest BCUT2D eigenvalue weighted by atomic mass is 9.98. The smallest absolute Gasteiger partial charge is 0.315 e. The number of ether oxygens (including phenoxy) is 2. The van der Waals surface area contributed by atoms with Gasteiger partial charge in [-0.1, -0.05) is 43.2 Å². The maximum atomic E-state index is 10.5. The van der Waals surface area contributed by atoms with Crippen molar-refractivity contribution in [3.63, 3.8) is 0 Å². The lowest BCUT2D eigenvalue weighted by Crippen LogP contribution is -2.18. The summed E-state index contributed by atoms with van der Waals surface area (Å²) in [5, 5.41) is 39.0. The molecule has 9 heteroatoms. The highest BCUT2D eigenvalue weighted by Gasteiger charge is 2.20. The summed E-state index contributed by atoms with van der Waals surface area (Å²) in [6.45, 7) is 6.02. The quantitative estimate of drug-likeness (QED) is 0.335. The molecule has 0 saturated heterocycles. The standard InChI is InChI=1S/C28H30N4O5/c1-17(2)21-13-22(24(34)14-23(21)33)27-29-30-28(35)32(27)16-19-6-4-18(5-7-19)15-31(3)20-8-9-25-26(12-20)37-11-10-36-25/h4-9,12-14,17,33-34H,10-11,15-16H2,1-3H3,(H,30,35). The zero-order valence-electron chi connectivity index (χ0n) is 21.0. The molecule has 0 unspecified atom stereocenters. The number of benzene rings is 3. The summed E-state index contributed by atoms with van der Waals surface area (Å²) in [5.41, 5.74) is 4.15. The number of nitrogens with zero attached hydrogens (tertiary/aromatic N) is 4. The molecule has 0 fully saturated rings. The number of hydrogen-bond donors (Lipinski definition) is 3. The van der Waals surface area contributed by atoms with Gasteiger partial charge in [0, 0.05) is 31.4 Å². The van der Waals surface area contributed by atoms with Gasteiger partial charge < -0.3 is 29.7 Å². The van der Waals surface area contributed by atoms with Gasteiger partial charge in [0.2, 0.25) is 0 Å². The summed E-state index contributed by atoms with van der Waals surface area (Å²) in [6.07, 6.45) is 0.